The molecule has 2 aromatic carbocycles. The number of nitrogens with two attached hydrogens (primary N) is 1. The molecule has 0 unspecified atom stereocenters. The van der Waals surface area contributed by atoms with E-state index < -0.39 is 0 Å². The van der Waals surface area contributed by atoms with Crippen molar-refractivity contribution in [2.45, 2.75) is 33.6 Å². The van der Waals surface area contributed by atoms with Gasteiger partial charge in [-0.25, -0.2) is 4.68 Å². The topological polar surface area (TPSA) is 79.7 Å². The number of aryl methyl sites for hydroxylation is 3. The van der Waals surface area contributed by atoms with E-state index in [2.05, 4.69) is 60.8 Å². The van der Waals surface area contributed by atoms with Gasteiger partial charge in [0.25, 0.3) is 0 Å². The summed E-state index contributed by atoms with van der Waals surface area (Å²) in [5, 5.41) is 15.4. The summed E-state index contributed by atoms with van der Waals surface area (Å²) in [6.45, 7) is 6.92. The lowest BCUT2D eigenvalue weighted by Gasteiger charge is -2.09. The Labute approximate surface area is 172 Å². The van der Waals surface area contributed by atoms with Crippen LogP contribution in [0, 0.1) is 24.2 Å². The number of hydrogen-bond donors (Lipinski definition) is 3. The van der Waals surface area contributed by atoms with Crippen LogP contribution in [0.4, 0.5) is 5.69 Å². The van der Waals surface area contributed by atoms with E-state index in [0.29, 0.717) is 12.1 Å². The van der Waals surface area contributed by atoms with Gasteiger partial charge in [-0.15, -0.1) is 0 Å². The van der Waals surface area contributed by atoms with Gasteiger partial charge in [-0.1, -0.05) is 25.7 Å². The van der Waals surface area contributed by atoms with Gasteiger partial charge >= 0.3 is 0 Å². The number of amidine groups is 1. The average Bonchev–Trinajstić information content (AvgIpc) is 3.15. The zero-order valence-corrected chi connectivity index (χ0v) is 17.2. The van der Waals surface area contributed by atoms with Crippen LogP contribution in [-0.4, -0.2) is 22.2 Å². The molecule has 3 rings (SSSR count). The number of nitrogens with one attached hydrogen (secondary N) is 2. The summed E-state index contributed by atoms with van der Waals surface area (Å²) in [5.41, 5.74) is 12.7. The molecule has 4 N–H and O–H groups in total. The fourth-order valence-electron chi connectivity index (χ4n) is 3.14. The van der Waals surface area contributed by atoms with Gasteiger partial charge in [-0.05, 0) is 73.9 Å². The minimum Gasteiger partial charge on any atom is -0.384 e. The van der Waals surface area contributed by atoms with Gasteiger partial charge in [0.1, 0.15) is 5.84 Å². The van der Waals surface area contributed by atoms with E-state index in [-0.39, 0.29) is 5.84 Å². The summed E-state index contributed by atoms with van der Waals surface area (Å²) in [6.07, 6.45) is 1.89. The standard InChI is InChI=1S/C24H27N5/c1-4-20-16-22(5-2)29(28-20)23-13-8-18(15-17(23)3)7-6-14-27-21-11-9-19(10-12-21)24(25)26/h8-13,15-16,27H,4-5,14H2,1-3H3,(H3,25,26). The Morgan fingerprint density at radius 3 is 2.48 bits per heavy atom. The van der Waals surface area contributed by atoms with Crippen LogP contribution < -0.4 is 11.1 Å². The first-order chi connectivity index (χ1) is 14.0. The van der Waals surface area contributed by atoms with Crippen LogP contribution in [0.1, 0.15) is 41.9 Å². The number of hydrogen-bond acceptors (Lipinski definition) is 3. The van der Waals surface area contributed by atoms with Crippen LogP contribution >= 0.6 is 0 Å². The third-order valence-electron chi connectivity index (χ3n) is 4.79. The molecule has 0 saturated carbocycles. The molecule has 3 aromatic rings. The number of anilines is 1. The second-order valence-corrected chi connectivity index (χ2v) is 6.89. The second-order valence-electron chi connectivity index (χ2n) is 6.89. The Morgan fingerprint density at radius 2 is 1.86 bits per heavy atom. The molecule has 29 heavy (non-hydrogen) atoms. The van der Waals surface area contributed by atoms with Crippen molar-refractivity contribution >= 4 is 11.5 Å². The van der Waals surface area contributed by atoms with Crippen molar-refractivity contribution in [1.29, 1.82) is 5.41 Å². The molecule has 5 heteroatoms. The van der Waals surface area contributed by atoms with E-state index in [1.54, 1.807) is 0 Å². The lowest BCUT2D eigenvalue weighted by molar-refractivity contribution is 0.789. The predicted molar refractivity (Wildman–Crippen MR) is 120 cm³/mol. The first kappa shape index (κ1) is 20.2. The number of aromatic nitrogens is 2. The number of benzene rings is 2. The van der Waals surface area contributed by atoms with Gasteiger partial charge in [0.2, 0.25) is 0 Å². The van der Waals surface area contributed by atoms with Crippen molar-refractivity contribution in [1.82, 2.24) is 9.78 Å². The molecule has 5 nitrogen and oxygen atoms in total. The molecule has 0 saturated heterocycles. The molecule has 0 amide bonds. The highest BCUT2D eigenvalue weighted by atomic mass is 15.3. The van der Waals surface area contributed by atoms with Gasteiger partial charge in [0.15, 0.2) is 0 Å². The van der Waals surface area contributed by atoms with Crippen molar-refractivity contribution in [2.75, 3.05) is 11.9 Å². The quantitative estimate of drug-likeness (QED) is 0.340. The lowest BCUT2D eigenvalue weighted by atomic mass is 10.1. The number of rotatable bonds is 6. The third kappa shape index (κ3) is 4.85. The molecule has 0 radical (unpaired) electrons. The summed E-state index contributed by atoms with van der Waals surface area (Å²) >= 11 is 0. The molecule has 0 bridgehead atoms. The van der Waals surface area contributed by atoms with Crippen molar-refractivity contribution in [3.05, 3.63) is 76.6 Å². The third-order valence-corrected chi connectivity index (χ3v) is 4.79. The maximum atomic E-state index is 7.42. The van der Waals surface area contributed by atoms with Gasteiger partial charge in [0, 0.05) is 22.5 Å². The normalized spacial score (nSPS) is 10.3. The van der Waals surface area contributed by atoms with Crippen molar-refractivity contribution < 1.29 is 0 Å². The highest BCUT2D eigenvalue weighted by Crippen LogP contribution is 2.19. The van der Waals surface area contributed by atoms with Crippen LogP contribution in [0.3, 0.4) is 0 Å². The lowest BCUT2D eigenvalue weighted by Crippen LogP contribution is -2.10. The van der Waals surface area contributed by atoms with Crippen LogP contribution in [-0.2, 0) is 12.8 Å². The van der Waals surface area contributed by atoms with Gasteiger partial charge in [-0.3, -0.25) is 5.41 Å². The Bertz CT molecular complexity index is 1060. The summed E-state index contributed by atoms with van der Waals surface area (Å²) < 4.78 is 2.05. The van der Waals surface area contributed by atoms with Crippen LogP contribution in [0.15, 0.2) is 48.5 Å². The second kappa shape index (κ2) is 9.11. The Kier molecular flexibility index (Phi) is 6.36. The highest BCUT2D eigenvalue weighted by Gasteiger charge is 2.09. The fraction of sp³-hybridized carbons (Fsp3) is 0.250. The molecule has 1 heterocycles. The number of nitrogens with zero attached hydrogens (tertiary/aromatic N) is 2. The fourth-order valence-corrected chi connectivity index (χ4v) is 3.14. The smallest absolute Gasteiger partial charge is 0.122 e. The van der Waals surface area contributed by atoms with E-state index in [4.69, 9.17) is 16.2 Å². The number of nitrogen functional groups attached to an aromatic ring is 1. The van der Waals surface area contributed by atoms with Crippen LogP contribution in [0.5, 0.6) is 0 Å². The molecule has 148 valence electrons. The van der Waals surface area contributed by atoms with Crippen molar-refractivity contribution in [2.24, 2.45) is 5.73 Å². The predicted octanol–water partition coefficient (Wildman–Crippen LogP) is 4.05. The minimum absolute atomic E-state index is 0.0715. The first-order valence-electron chi connectivity index (χ1n) is 9.87. The monoisotopic (exact) mass is 385 g/mol. The Hall–Kier alpha value is -3.52. The van der Waals surface area contributed by atoms with Crippen LogP contribution in [0.25, 0.3) is 5.69 Å². The van der Waals surface area contributed by atoms with Crippen LogP contribution in [0.2, 0.25) is 0 Å². The van der Waals surface area contributed by atoms with Crippen molar-refractivity contribution in [3.8, 4) is 17.5 Å². The zero-order valence-electron chi connectivity index (χ0n) is 17.2. The minimum atomic E-state index is 0.0715. The van der Waals surface area contributed by atoms with E-state index >= 15 is 0 Å². The molecular formula is C24H27N5. The van der Waals surface area contributed by atoms with E-state index in [0.717, 1.165) is 41.0 Å². The summed E-state index contributed by atoms with van der Waals surface area (Å²) in [6, 6.07) is 15.9. The van der Waals surface area contributed by atoms with Gasteiger partial charge in [-0.2, -0.15) is 5.10 Å². The summed E-state index contributed by atoms with van der Waals surface area (Å²) in [4.78, 5) is 0. The van der Waals surface area contributed by atoms with Crippen molar-refractivity contribution in [3.63, 3.8) is 0 Å². The first-order valence-corrected chi connectivity index (χ1v) is 9.87. The van der Waals surface area contributed by atoms with E-state index in [1.807, 2.05) is 30.3 Å². The highest BCUT2D eigenvalue weighted by molar-refractivity contribution is 5.95. The average molecular weight is 386 g/mol. The molecule has 1 aromatic heterocycles. The molecule has 0 fully saturated rings. The maximum absolute atomic E-state index is 7.42. The molecule has 0 atom stereocenters. The molecule has 0 aliphatic heterocycles. The SMILES string of the molecule is CCc1cc(CC)n(-c2ccc(C#CCNc3ccc(C(=N)N)cc3)cc2C)n1. The van der Waals surface area contributed by atoms with Gasteiger partial charge in [0.05, 0.1) is 17.9 Å². The Balaban J connectivity index is 1.68. The van der Waals surface area contributed by atoms with Gasteiger partial charge < -0.3 is 11.1 Å². The van der Waals surface area contributed by atoms with E-state index in [1.165, 1.54) is 5.69 Å². The molecular weight excluding hydrogens is 358 g/mol. The van der Waals surface area contributed by atoms with E-state index in [9.17, 15) is 0 Å². The molecule has 0 spiro atoms. The molecule has 0 aliphatic rings. The largest absolute Gasteiger partial charge is 0.384 e. The Morgan fingerprint density at radius 1 is 1.10 bits per heavy atom. The summed E-state index contributed by atoms with van der Waals surface area (Å²) in [7, 11) is 0. The molecule has 0 aliphatic carbocycles. The maximum Gasteiger partial charge on any atom is 0.122 e. The zero-order chi connectivity index (χ0) is 20.8. The summed E-state index contributed by atoms with van der Waals surface area (Å²) in [5.74, 6) is 6.44.